The number of aliphatic hydroxyl groups is 1. The second-order valence-electron chi connectivity index (χ2n) is 10.6. The van der Waals surface area contributed by atoms with Gasteiger partial charge in [-0.25, -0.2) is 13.8 Å². The summed E-state index contributed by atoms with van der Waals surface area (Å²) in [7, 11) is -2.58. The van der Waals surface area contributed by atoms with Crippen LogP contribution in [-0.2, 0) is 13.1 Å². The van der Waals surface area contributed by atoms with Crippen molar-refractivity contribution in [1.29, 1.82) is 0 Å². The Morgan fingerprint density at radius 2 is 1.73 bits per heavy atom. The van der Waals surface area contributed by atoms with E-state index in [1.165, 1.54) is 12.1 Å². The highest BCUT2D eigenvalue weighted by Gasteiger charge is 2.25. The minimum Gasteiger partial charge on any atom is -0.390 e. The maximum Gasteiger partial charge on any atom is 0.229 e. The van der Waals surface area contributed by atoms with E-state index in [4.69, 9.17) is 0 Å². The Balaban J connectivity index is 1.22. The molecule has 4 aromatic rings. The summed E-state index contributed by atoms with van der Waals surface area (Å²) < 4.78 is 51.6. The number of fused-ring (bicyclic) bond motifs is 1. The number of hydrogen-bond donors (Lipinski definition) is 4. The number of anilines is 2. The van der Waals surface area contributed by atoms with Crippen LogP contribution in [0.15, 0.2) is 48.8 Å². The number of β-amino-alcohol motifs (C(OH)–C–C–N with tert-alkyl or cyclic N) is 1. The largest absolute Gasteiger partial charge is 0.390 e. The molecule has 212 valence electrons. The lowest BCUT2D eigenvalue weighted by molar-refractivity contribution is -0.00295. The molecule has 2 saturated heterocycles. The average molecular weight is 571 g/mol. The highest BCUT2D eigenvalue weighted by atomic mass is 32.3. The Hall–Kier alpha value is -3.13. The van der Waals surface area contributed by atoms with Crippen LogP contribution in [0.2, 0.25) is 0 Å². The Morgan fingerprint density at radius 3 is 2.42 bits per heavy atom. The van der Waals surface area contributed by atoms with E-state index in [1.54, 1.807) is 23.0 Å². The van der Waals surface area contributed by atoms with Gasteiger partial charge in [-0.1, -0.05) is 6.07 Å². The van der Waals surface area contributed by atoms with E-state index in [0.29, 0.717) is 43.5 Å². The van der Waals surface area contributed by atoms with E-state index in [1.807, 2.05) is 23.1 Å². The third kappa shape index (κ3) is 5.69. The standard InChI is InChI=1S/C28H32F2N6O3S/c1-18-2-3-21(10-20(18)14-35-15-23(37)16-35)32-28-31-13-19-4-5-36(27(19)33-28)22-11-25(29)24(26(30)12-22)17-34-6-8-40(38,39)9-7-34/h2-5,10-13,23,37-39H,6-9,14-17H2,1H3,(H,31,32,33). The van der Waals surface area contributed by atoms with Crippen molar-refractivity contribution < 1.29 is 23.0 Å². The summed E-state index contributed by atoms with van der Waals surface area (Å²) in [4.78, 5) is 13.1. The van der Waals surface area contributed by atoms with Gasteiger partial charge in [-0.3, -0.25) is 18.9 Å². The summed E-state index contributed by atoms with van der Waals surface area (Å²) in [5.41, 5.74) is 3.89. The fourth-order valence-electron chi connectivity index (χ4n) is 5.17. The molecule has 2 aliphatic heterocycles. The number of benzene rings is 2. The molecule has 2 aromatic carbocycles. The Kier molecular flexibility index (Phi) is 7.23. The predicted octanol–water partition coefficient (Wildman–Crippen LogP) is 4.49. The van der Waals surface area contributed by atoms with Crippen LogP contribution >= 0.6 is 10.6 Å². The first-order valence-corrected chi connectivity index (χ1v) is 15.1. The highest BCUT2D eigenvalue weighted by molar-refractivity contribution is 8.24. The normalized spacial score (nSPS) is 19.1. The van der Waals surface area contributed by atoms with Crippen LogP contribution in [0.3, 0.4) is 0 Å². The maximum atomic E-state index is 15.2. The first-order chi connectivity index (χ1) is 19.1. The molecule has 4 N–H and O–H groups in total. The van der Waals surface area contributed by atoms with Crippen LogP contribution in [0.1, 0.15) is 16.7 Å². The van der Waals surface area contributed by atoms with Gasteiger partial charge >= 0.3 is 0 Å². The highest BCUT2D eigenvalue weighted by Crippen LogP contribution is 2.40. The molecule has 0 saturated carbocycles. The van der Waals surface area contributed by atoms with E-state index in [0.717, 1.165) is 28.7 Å². The number of likely N-dealkylation sites (tertiary alicyclic amines) is 1. The Bertz CT molecular complexity index is 1530. The Morgan fingerprint density at radius 1 is 1.00 bits per heavy atom. The van der Waals surface area contributed by atoms with Gasteiger partial charge in [0.15, 0.2) is 0 Å². The van der Waals surface area contributed by atoms with Crippen LogP contribution in [-0.4, -0.2) is 82.3 Å². The molecule has 2 fully saturated rings. The number of rotatable bonds is 7. The molecule has 9 nitrogen and oxygen atoms in total. The van der Waals surface area contributed by atoms with E-state index in [9.17, 15) is 14.2 Å². The second kappa shape index (κ2) is 10.7. The van der Waals surface area contributed by atoms with E-state index in [-0.39, 0.29) is 29.7 Å². The molecule has 6 rings (SSSR count). The van der Waals surface area contributed by atoms with Gasteiger partial charge in [0.1, 0.15) is 17.3 Å². The number of aryl methyl sites for hydroxylation is 1. The molecule has 12 heteroatoms. The molecule has 2 aromatic heterocycles. The molecule has 0 aliphatic carbocycles. The third-order valence-electron chi connectivity index (χ3n) is 7.62. The molecular formula is C28H32F2N6O3S. The lowest BCUT2D eigenvalue weighted by Gasteiger charge is -2.41. The number of aromatic nitrogens is 3. The average Bonchev–Trinajstić information content (AvgIpc) is 3.31. The van der Waals surface area contributed by atoms with Crippen molar-refractivity contribution in [1.82, 2.24) is 24.3 Å². The molecule has 2 aliphatic rings. The van der Waals surface area contributed by atoms with Gasteiger partial charge in [-0.2, -0.15) is 15.6 Å². The zero-order valence-electron chi connectivity index (χ0n) is 22.1. The van der Waals surface area contributed by atoms with Gasteiger partial charge < -0.3 is 15.0 Å². The fraction of sp³-hybridized carbons (Fsp3) is 0.357. The topological polar surface area (TPSA) is 110 Å². The summed E-state index contributed by atoms with van der Waals surface area (Å²) in [5, 5.41) is 13.6. The van der Waals surface area contributed by atoms with Crippen LogP contribution in [0.25, 0.3) is 16.7 Å². The third-order valence-corrected chi connectivity index (χ3v) is 9.29. The first kappa shape index (κ1) is 27.1. The monoisotopic (exact) mass is 570 g/mol. The molecule has 40 heavy (non-hydrogen) atoms. The zero-order chi connectivity index (χ0) is 28.0. The van der Waals surface area contributed by atoms with Crippen LogP contribution in [0.4, 0.5) is 20.4 Å². The van der Waals surface area contributed by atoms with Crippen molar-refractivity contribution in [2.45, 2.75) is 26.1 Å². The molecule has 0 atom stereocenters. The lowest BCUT2D eigenvalue weighted by Crippen LogP contribution is -2.49. The van der Waals surface area contributed by atoms with Crippen molar-refractivity contribution in [3.63, 3.8) is 0 Å². The number of halogens is 2. The predicted molar refractivity (Wildman–Crippen MR) is 152 cm³/mol. The number of hydrogen-bond acceptors (Lipinski definition) is 8. The second-order valence-corrected chi connectivity index (χ2v) is 13.1. The van der Waals surface area contributed by atoms with Crippen molar-refractivity contribution >= 4 is 33.3 Å². The zero-order valence-corrected chi connectivity index (χ0v) is 22.9. The molecule has 4 heterocycles. The molecular weight excluding hydrogens is 538 g/mol. The van der Waals surface area contributed by atoms with Gasteiger partial charge in [-0.15, -0.1) is 0 Å². The van der Waals surface area contributed by atoms with Crippen molar-refractivity contribution in [2.75, 3.05) is 43.0 Å². The Labute approximate surface area is 232 Å². The van der Waals surface area contributed by atoms with Crippen LogP contribution in [0.5, 0.6) is 0 Å². The summed E-state index contributed by atoms with van der Waals surface area (Å²) in [6.45, 7) is 4.95. The van der Waals surface area contributed by atoms with Gasteiger partial charge in [0.2, 0.25) is 5.95 Å². The molecule has 0 unspecified atom stereocenters. The van der Waals surface area contributed by atoms with Crippen molar-refractivity contribution in [2.24, 2.45) is 0 Å². The summed E-state index contributed by atoms with van der Waals surface area (Å²) >= 11 is 0. The smallest absolute Gasteiger partial charge is 0.229 e. The summed E-state index contributed by atoms with van der Waals surface area (Å²) in [6, 6.07) is 10.4. The number of aliphatic hydroxyl groups excluding tert-OH is 1. The summed E-state index contributed by atoms with van der Waals surface area (Å²) in [6.07, 6.45) is 3.12. The SMILES string of the molecule is Cc1ccc(Nc2ncc3ccn(-c4cc(F)c(CN5CCS(O)(O)CC5)c(F)c4)c3n2)cc1CN1CC(O)C1. The number of nitrogens with zero attached hydrogens (tertiary/aromatic N) is 5. The summed E-state index contributed by atoms with van der Waals surface area (Å²) in [5.74, 6) is -0.541. The van der Waals surface area contributed by atoms with Gasteiger partial charge in [0.05, 0.1) is 23.3 Å². The van der Waals surface area contributed by atoms with Crippen molar-refractivity contribution in [3.8, 4) is 5.69 Å². The van der Waals surface area contributed by atoms with Crippen LogP contribution < -0.4 is 5.32 Å². The maximum absolute atomic E-state index is 15.2. The van der Waals surface area contributed by atoms with Gasteiger partial charge in [0.25, 0.3) is 0 Å². The fourth-order valence-corrected chi connectivity index (χ4v) is 6.48. The minimum atomic E-state index is -2.58. The minimum absolute atomic E-state index is 0.0431. The van der Waals surface area contributed by atoms with Crippen LogP contribution in [0, 0.1) is 18.6 Å². The molecule has 0 bridgehead atoms. The molecule has 0 amide bonds. The van der Waals surface area contributed by atoms with Gasteiger partial charge in [-0.05, 0) is 48.4 Å². The van der Waals surface area contributed by atoms with E-state index >= 15 is 8.78 Å². The first-order valence-electron chi connectivity index (χ1n) is 13.2. The van der Waals surface area contributed by atoms with Gasteiger partial charge in [0, 0.05) is 68.3 Å². The number of nitrogens with one attached hydrogen (secondary N) is 1. The molecule has 0 spiro atoms. The van der Waals surface area contributed by atoms with Crippen molar-refractivity contribution in [3.05, 3.63) is 77.1 Å². The quantitative estimate of drug-likeness (QED) is 0.257. The van der Waals surface area contributed by atoms with E-state index in [2.05, 4.69) is 27.1 Å². The van der Waals surface area contributed by atoms with E-state index < -0.39 is 22.2 Å². The molecule has 0 radical (unpaired) electrons. The lowest BCUT2D eigenvalue weighted by atomic mass is 10.0.